The molecule has 0 fully saturated rings. The van der Waals surface area contributed by atoms with Crippen molar-refractivity contribution in [2.75, 3.05) is 6.61 Å². The molecule has 0 aliphatic heterocycles. The lowest BCUT2D eigenvalue weighted by atomic mass is 10.1. The van der Waals surface area contributed by atoms with Crippen molar-refractivity contribution >= 4 is 6.47 Å². The Kier molecular flexibility index (Phi) is 12.2. The summed E-state index contributed by atoms with van der Waals surface area (Å²) in [7, 11) is 0. The van der Waals surface area contributed by atoms with Crippen LogP contribution in [0.3, 0.4) is 0 Å². The number of hydrogen-bond acceptors (Lipinski definition) is 3. The zero-order valence-corrected chi connectivity index (χ0v) is 8.54. The Morgan fingerprint density at radius 3 is 1.92 bits per heavy atom. The van der Waals surface area contributed by atoms with Gasteiger partial charge in [-0.2, -0.15) is 0 Å². The Balaban J connectivity index is 0. The van der Waals surface area contributed by atoms with Crippen LogP contribution in [-0.2, 0) is 9.53 Å². The molecule has 2 N–H and O–H groups in total. The van der Waals surface area contributed by atoms with E-state index in [9.17, 15) is 4.79 Å². The number of nitrogens with two attached hydrogens (primary N) is 1. The molecular weight excluding hydrogens is 154 g/mol. The largest absolute Gasteiger partial charge is 0.468 e. The Bertz CT molecular complexity index is 86.5. The van der Waals surface area contributed by atoms with Crippen LogP contribution in [0.25, 0.3) is 0 Å². The third-order valence-corrected chi connectivity index (χ3v) is 1.08. The summed E-state index contributed by atoms with van der Waals surface area (Å²) in [6.07, 6.45) is 1.14. The van der Waals surface area contributed by atoms with E-state index in [1.165, 1.54) is 0 Å². The molecule has 1 atom stereocenters. The van der Waals surface area contributed by atoms with Crippen LogP contribution in [0, 0.1) is 5.92 Å². The van der Waals surface area contributed by atoms with E-state index in [2.05, 4.69) is 18.6 Å². The van der Waals surface area contributed by atoms with Gasteiger partial charge in [0.05, 0.1) is 6.61 Å². The monoisotopic (exact) mass is 175 g/mol. The standard InChI is InChI=1S/C6H15N.C3H6O2/c1-5(2)4-6(3)7;1-2-5-3-4/h5-6H,4,7H2,1-3H3;3H,2H2,1H3/t6-;/m1./s1. The van der Waals surface area contributed by atoms with E-state index in [-0.39, 0.29) is 0 Å². The predicted octanol–water partition coefficient (Wildman–Crippen LogP) is 1.56. The zero-order valence-electron chi connectivity index (χ0n) is 8.54. The molecule has 0 radical (unpaired) electrons. The van der Waals surface area contributed by atoms with E-state index in [4.69, 9.17) is 5.73 Å². The van der Waals surface area contributed by atoms with Crippen molar-refractivity contribution in [2.45, 2.75) is 40.2 Å². The second kappa shape index (κ2) is 10.4. The molecule has 0 aromatic carbocycles. The number of hydrogen-bond donors (Lipinski definition) is 1. The Morgan fingerprint density at radius 1 is 1.42 bits per heavy atom. The summed E-state index contributed by atoms with van der Waals surface area (Å²) in [5.74, 6) is 0.750. The number of ether oxygens (including phenoxy) is 1. The highest BCUT2D eigenvalue weighted by Crippen LogP contribution is 2.00. The van der Waals surface area contributed by atoms with Gasteiger partial charge in [-0.25, -0.2) is 0 Å². The summed E-state index contributed by atoms with van der Waals surface area (Å²) in [6, 6.07) is 0.375. The lowest BCUT2D eigenvalue weighted by Gasteiger charge is -2.05. The van der Waals surface area contributed by atoms with Gasteiger partial charge >= 0.3 is 0 Å². The average molecular weight is 175 g/mol. The molecule has 0 aliphatic rings. The van der Waals surface area contributed by atoms with Crippen LogP contribution in [0.5, 0.6) is 0 Å². The number of rotatable bonds is 4. The van der Waals surface area contributed by atoms with Crippen molar-refractivity contribution < 1.29 is 9.53 Å². The molecule has 0 saturated carbocycles. The van der Waals surface area contributed by atoms with Crippen LogP contribution in [-0.4, -0.2) is 19.1 Å². The van der Waals surface area contributed by atoms with Crippen LogP contribution in [0.2, 0.25) is 0 Å². The summed E-state index contributed by atoms with van der Waals surface area (Å²) in [5, 5.41) is 0. The molecule has 0 bridgehead atoms. The molecule has 0 aromatic heterocycles. The van der Waals surface area contributed by atoms with Gasteiger partial charge in [-0.1, -0.05) is 13.8 Å². The van der Waals surface area contributed by atoms with E-state index in [1.807, 2.05) is 6.92 Å². The fourth-order valence-electron chi connectivity index (χ4n) is 0.812. The minimum atomic E-state index is 0.375. The van der Waals surface area contributed by atoms with Gasteiger partial charge in [0.2, 0.25) is 0 Å². The topological polar surface area (TPSA) is 52.3 Å². The first-order chi connectivity index (χ1) is 5.54. The van der Waals surface area contributed by atoms with E-state index in [0.29, 0.717) is 19.1 Å². The molecular formula is C9H21NO2. The lowest BCUT2D eigenvalue weighted by Crippen LogP contribution is -2.16. The highest BCUT2D eigenvalue weighted by Gasteiger charge is 1.95. The quantitative estimate of drug-likeness (QED) is 0.660. The zero-order chi connectivity index (χ0) is 9.98. The molecule has 0 unspecified atom stereocenters. The molecule has 0 aromatic rings. The molecule has 0 amide bonds. The molecule has 3 heteroatoms. The number of carbonyl (C=O) groups is 1. The maximum Gasteiger partial charge on any atom is 0.293 e. The first kappa shape index (κ1) is 14.0. The average Bonchev–Trinajstić information content (AvgIpc) is 1.87. The van der Waals surface area contributed by atoms with Gasteiger partial charge in [-0.15, -0.1) is 0 Å². The summed E-state index contributed by atoms with van der Waals surface area (Å²) in [5.41, 5.74) is 5.49. The Morgan fingerprint density at radius 2 is 1.92 bits per heavy atom. The summed E-state index contributed by atoms with van der Waals surface area (Å²) < 4.78 is 4.15. The molecule has 3 nitrogen and oxygen atoms in total. The van der Waals surface area contributed by atoms with Crippen LogP contribution >= 0.6 is 0 Å². The van der Waals surface area contributed by atoms with Gasteiger partial charge in [-0.3, -0.25) is 4.79 Å². The van der Waals surface area contributed by atoms with Crippen molar-refractivity contribution in [3.05, 3.63) is 0 Å². The summed E-state index contributed by atoms with van der Waals surface area (Å²) in [4.78, 5) is 9.18. The van der Waals surface area contributed by atoms with Gasteiger partial charge in [0.15, 0.2) is 0 Å². The highest BCUT2D eigenvalue weighted by molar-refractivity contribution is 5.36. The van der Waals surface area contributed by atoms with Gasteiger partial charge < -0.3 is 10.5 Å². The SMILES string of the molecule is CC(C)C[C@@H](C)N.CCOC=O. The first-order valence-corrected chi connectivity index (χ1v) is 4.35. The summed E-state index contributed by atoms with van der Waals surface area (Å²) >= 11 is 0. The fourth-order valence-corrected chi connectivity index (χ4v) is 0.812. The van der Waals surface area contributed by atoms with Gasteiger partial charge in [-0.05, 0) is 26.2 Å². The van der Waals surface area contributed by atoms with E-state index in [1.54, 1.807) is 6.92 Å². The van der Waals surface area contributed by atoms with Crippen molar-refractivity contribution in [1.82, 2.24) is 0 Å². The molecule has 0 saturated heterocycles. The maximum absolute atomic E-state index is 9.18. The first-order valence-electron chi connectivity index (χ1n) is 4.35. The van der Waals surface area contributed by atoms with Crippen molar-refractivity contribution in [2.24, 2.45) is 11.7 Å². The Labute approximate surface area is 75.3 Å². The van der Waals surface area contributed by atoms with Gasteiger partial charge in [0.25, 0.3) is 6.47 Å². The highest BCUT2D eigenvalue weighted by atomic mass is 16.5. The van der Waals surface area contributed by atoms with E-state index < -0.39 is 0 Å². The fraction of sp³-hybridized carbons (Fsp3) is 0.889. The van der Waals surface area contributed by atoms with Crippen LogP contribution in [0.15, 0.2) is 0 Å². The second-order valence-electron chi connectivity index (χ2n) is 3.16. The molecule has 74 valence electrons. The minimum absolute atomic E-state index is 0.375. The molecule has 0 heterocycles. The number of carbonyl (C=O) groups excluding carboxylic acids is 1. The summed E-state index contributed by atoms with van der Waals surface area (Å²) in [6.45, 7) is 9.07. The van der Waals surface area contributed by atoms with E-state index >= 15 is 0 Å². The molecule has 0 spiro atoms. The van der Waals surface area contributed by atoms with Gasteiger partial charge in [0, 0.05) is 6.04 Å². The third kappa shape index (κ3) is 22.7. The Hall–Kier alpha value is -0.570. The van der Waals surface area contributed by atoms with Crippen LogP contribution in [0.4, 0.5) is 0 Å². The molecule has 0 aliphatic carbocycles. The predicted molar refractivity (Wildman–Crippen MR) is 50.8 cm³/mol. The second-order valence-corrected chi connectivity index (χ2v) is 3.16. The lowest BCUT2D eigenvalue weighted by molar-refractivity contribution is -0.128. The molecule has 12 heavy (non-hydrogen) atoms. The maximum atomic E-state index is 9.18. The molecule has 0 rings (SSSR count). The smallest absolute Gasteiger partial charge is 0.293 e. The van der Waals surface area contributed by atoms with E-state index in [0.717, 1.165) is 12.3 Å². The normalized spacial score (nSPS) is 11.5. The van der Waals surface area contributed by atoms with Crippen LogP contribution in [0.1, 0.15) is 34.1 Å². The van der Waals surface area contributed by atoms with Crippen molar-refractivity contribution in [3.63, 3.8) is 0 Å². The minimum Gasteiger partial charge on any atom is -0.468 e. The van der Waals surface area contributed by atoms with Crippen molar-refractivity contribution in [1.29, 1.82) is 0 Å². The third-order valence-electron chi connectivity index (χ3n) is 1.08. The van der Waals surface area contributed by atoms with Crippen molar-refractivity contribution in [3.8, 4) is 0 Å². The van der Waals surface area contributed by atoms with Gasteiger partial charge in [0.1, 0.15) is 0 Å². The van der Waals surface area contributed by atoms with Crippen LogP contribution < -0.4 is 5.73 Å².